The molecule has 0 aliphatic carbocycles. The van der Waals surface area contributed by atoms with E-state index in [1.165, 1.54) is 0 Å². The Hall–Kier alpha value is -9.21. The van der Waals surface area contributed by atoms with Crippen LogP contribution in [0.1, 0.15) is 10.4 Å². The van der Waals surface area contributed by atoms with E-state index in [4.69, 9.17) is 19.4 Å². The Kier molecular flexibility index (Phi) is 7.64. The van der Waals surface area contributed by atoms with Crippen LogP contribution in [0.2, 0.25) is 0 Å². The van der Waals surface area contributed by atoms with Gasteiger partial charge in [0.1, 0.15) is 11.2 Å². The molecule has 14 aromatic rings. The van der Waals surface area contributed by atoms with Gasteiger partial charge in [-0.1, -0.05) is 48.5 Å². The fourth-order valence-corrected chi connectivity index (χ4v) is 10.3. The Bertz CT molecular complexity index is 4330. The molecule has 8 heterocycles. The highest BCUT2D eigenvalue weighted by Gasteiger charge is 2.21. The zero-order chi connectivity index (χ0) is 43.5. The molecule has 8 aromatic heterocycles. The van der Waals surface area contributed by atoms with Crippen molar-refractivity contribution in [3.05, 3.63) is 200 Å². The van der Waals surface area contributed by atoms with Crippen molar-refractivity contribution in [3.8, 4) is 39.4 Å². The van der Waals surface area contributed by atoms with E-state index < -0.39 is 0 Å². The zero-order valence-corrected chi connectivity index (χ0v) is 35.0. The number of aromatic nitrogens is 7. The SMILES string of the molecule is O=Cc1cccc2c3ncccc3n(-c3ccc4oc5ccc(-n6c7ccc(-n8c9ccc(-c%10ccccc%10-c%10ccccn%10)cc9c9ncccc98)cc7c7ncccc76)cc5c4c3)c12. The van der Waals surface area contributed by atoms with E-state index in [1.807, 2.05) is 85.3 Å². The number of nitrogens with zero attached hydrogens (tertiary/aromatic N) is 7. The van der Waals surface area contributed by atoms with Crippen LogP contribution < -0.4 is 0 Å². The predicted octanol–water partition coefficient (Wildman–Crippen LogP) is 13.6. The highest BCUT2D eigenvalue weighted by Crippen LogP contribution is 2.41. The lowest BCUT2D eigenvalue weighted by molar-refractivity contribution is 0.112. The Morgan fingerprint density at radius 2 is 0.939 bits per heavy atom. The third-order valence-corrected chi connectivity index (χ3v) is 13.1. The molecule has 0 amide bonds. The first-order valence-corrected chi connectivity index (χ1v) is 21.8. The molecule has 0 bridgehead atoms. The molecule has 6 aromatic carbocycles. The van der Waals surface area contributed by atoms with E-state index in [1.54, 1.807) is 6.20 Å². The number of furan rings is 1. The smallest absolute Gasteiger partial charge is 0.152 e. The van der Waals surface area contributed by atoms with Gasteiger partial charge in [0.15, 0.2) is 6.29 Å². The van der Waals surface area contributed by atoms with Crippen LogP contribution in [0.25, 0.3) is 127 Å². The lowest BCUT2D eigenvalue weighted by Crippen LogP contribution is -1.96. The van der Waals surface area contributed by atoms with Crippen LogP contribution in [0.3, 0.4) is 0 Å². The molecule has 9 heteroatoms. The number of carbonyl (C=O) groups is 1. The number of hydrogen-bond acceptors (Lipinski definition) is 6. The van der Waals surface area contributed by atoms with Gasteiger partial charge in [-0.15, -0.1) is 0 Å². The summed E-state index contributed by atoms with van der Waals surface area (Å²) in [5, 5.41) is 4.99. The molecule has 0 N–H and O–H groups in total. The van der Waals surface area contributed by atoms with Gasteiger partial charge in [0.2, 0.25) is 0 Å². The maximum Gasteiger partial charge on any atom is 0.152 e. The van der Waals surface area contributed by atoms with Crippen LogP contribution in [-0.4, -0.2) is 39.9 Å². The summed E-state index contributed by atoms with van der Waals surface area (Å²) < 4.78 is 13.2. The van der Waals surface area contributed by atoms with Gasteiger partial charge in [-0.05, 0) is 132 Å². The quantitative estimate of drug-likeness (QED) is 0.155. The molecular weight excluding hydrogens is 815 g/mol. The number of benzene rings is 6. The van der Waals surface area contributed by atoms with Crippen molar-refractivity contribution in [1.82, 2.24) is 33.6 Å². The van der Waals surface area contributed by atoms with Crippen LogP contribution in [0.5, 0.6) is 0 Å². The summed E-state index contributed by atoms with van der Waals surface area (Å²) in [5.74, 6) is 0. The Labute approximate surface area is 375 Å². The van der Waals surface area contributed by atoms with E-state index >= 15 is 0 Å². The molecule has 0 radical (unpaired) electrons. The fourth-order valence-electron chi connectivity index (χ4n) is 10.3. The number of hydrogen-bond donors (Lipinski definition) is 0. The topological polar surface area (TPSA) is 96.6 Å². The molecule has 0 spiro atoms. The third kappa shape index (κ3) is 5.19. The van der Waals surface area contributed by atoms with E-state index in [0.717, 1.165) is 133 Å². The van der Waals surface area contributed by atoms with Crippen molar-refractivity contribution in [3.63, 3.8) is 0 Å². The molecule has 0 atom stereocenters. The van der Waals surface area contributed by atoms with Crippen LogP contribution in [0, 0.1) is 0 Å². The van der Waals surface area contributed by atoms with Crippen molar-refractivity contribution >= 4 is 94.0 Å². The van der Waals surface area contributed by atoms with Crippen molar-refractivity contribution in [2.24, 2.45) is 0 Å². The number of pyridine rings is 4. The number of rotatable bonds is 6. The predicted molar refractivity (Wildman–Crippen MR) is 264 cm³/mol. The minimum absolute atomic E-state index is 0.607. The Balaban J connectivity index is 0.929. The van der Waals surface area contributed by atoms with Crippen molar-refractivity contribution in [1.29, 1.82) is 0 Å². The maximum atomic E-state index is 12.4. The first kappa shape index (κ1) is 36.3. The van der Waals surface area contributed by atoms with Crippen LogP contribution in [0.4, 0.5) is 0 Å². The summed E-state index contributed by atoms with van der Waals surface area (Å²) in [6.07, 6.45) is 8.28. The largest absolute Gasteiger partial charge is 0.456 e. The van der Waals surface area contributed by atoms with Crippen LogP contribution in [0.15, 0.2) is 199 Å². The summed E-state index contributed by atoms with van der Waals surface area (Å²) in [4.78, 5) is 31.7. The first-order valence-electron chi connectivity index (χ1n) is 21.8. The second-order valence-corrected chi connectivity index (χ2v) is 16.6. The Morgan fingerprint density at radius 3 is 1.59 bits per heavy atom. The lowest BCUT2D eigenvalue weighted by Gasteiger charge is -2.11. The third-order valence-electron chi connectivity index (χ3n) is 13.1. The average Bonchev–Trinajstić information content (AvgIpc) is 4.12. The monoisotopic (exact) mass is 847 g/mol. The molecular formula is C57H33N7O2. The standard InChI is InChI=1S/C57H33N7O2/c65-33-35-9-5-12-41-54-51(16-8-26-59-54)64(57(35)41)38-20-24-53-43(31-38)42-30-37(19-23-52(42)66-53)63-48-22-18-36(32-45(48)56-50(63)15-7-28-61-56)62-47-21-17-34(29-44(47)55-49(62)14-6-27-60-55)39-10-1-2-11-40(39)46-13-3-4-25-58-46/h1-33H. The number of para-hydroxylation sites is 1. The molecule has 0 unspecified atom stereocenters. The highest BCUT2D eigenvalue weighted by molar-refractivity contribution is 6.14. The molecule has 0 saturated carbocycles. The number of aldehydes is 1. The van der Waals surface area contributed by atoms with Gasteiger partial charge < -0.3 is 18.1 Å². The normalized spacial score (nSPS) is 12.0. The second-order valence-electron chi connectivity index (χ2n) is 16.6. The minimum Gasteiger partial charge on any atom is -0.456 e. The molecule has 0 aliphatic rings. The van der Waals surface area contributed by atoms with Crippen LogP contribution in [-0.2, 0) is 0 Å². The van der Waals surface area contributed by atoms with Gasteiger partial charge >= 0.3 is 0 Å². The van der Waals surface area contributed by atoms with Gasteiger partial charge in [-0.3, -0.25) is 24.7 Å². The summed E-state index contributed by atoms with van der Waals surface area (Å²) in [6, 6.07) is 58.4. The summed E-state index contributed by atoms with van der Waals surface area (Å²) in [7, 11) is 0. The summed E-state index contributed by atoms with van der Waals surface area (Å²) in [6.45, 7) is 0. The number of carbonyl (C=O) groups excluding carboxylic acids is 1. The van der Waals surface area contributed by atoms with E-state index in [-0.39, 0.29) is 0 Å². The molecule has 66 heavy (non-hydrogen) atoms. The average molecular weight is 848 g/mol. The van der Waals surface area contributed by atoms with Gasteiger partial charge in [0, 0.05) is 79.9 Å². The molecule has 9 nitrogen and oxygen atoms in total. The van der Waals surface area contributed by atoms with Crippen molar-refractivity contribution in [2.45, 2.75) is 0 Å². The van der Waals surface area contributed by atoms with Gasteiger partial charge in [-0.25, -0.2) is 0 Å². The maximum absolute atomic E-state index is 12.4. The molecule has 0 aliphatic heterocycles. The van der Waals surface area contributed by atoms with E-state index in [0.29, 0.717) is 5.56 Å². The van der Waals surface area contributed by atoms with E-state index in [2.05, 4.69) is 122 Å². The second kappa shape index (κ2) is 13.9. The summed E-state index contributed by atoms with van der Waals surface area (Å²) in [5.41, 5.74) is 17.9. The molecule has 0 fully saturated rings. The lowest BCUT2D eigenvalue weighted by atomic mass is 9.96. The van der Waals surface area contributed by atoms with Gasteiger partial charge in [0.25, 0.3) is 0 Å². The summed E-state index contributed by atoms with van der Waals surface area (Å²) >= 11 is 0. The fraction of sp³-hybridized carbons (Fsp3) is 0. The first-order chi connectivity index (χ1) is 32.7. The van der Waals surface area contributed by atoms with Gasteiger partial charge in [-0.2, -0.15) is 0 Å². The number of fused-ring (bicyclic) bond motifs is 12. The Morgan fingerprint density at radius 1 is 0.394 bits per heavy atom. The minimum atomic E-state index is 0.607. The zero-order valence-electron chi connectivity index (χ0n) is 35.0. The van der Waals surface area contributed by atoms with Crippen molar-refractivity contribution < 1.29 is 9.21 Å². The molecule has 0 saturated heterocycles. The van der Waals surface area contributed by atoms with Gasteiger partial charge in [0.05, 0.1) is 55.3 Å². The van der Waals surface area contributed by atoms with Crippen LogP contribution >= 0.6 is 0 Å². The highest BCUT2D eigenvalue weighted by atomic mass is 16.3. The van der Waals surface area contributed by atoms with Crippen molar-refractivity contribution in [2.75, 3.05) is 0 Å². The molecule has 14 rings (SSSR count). The molecule has 308 valence electrons. The van der Waals surface area contributed by atoms with E-state index in [9.17, 15) is 4.79 Å².